The average molecular weight is 210 g/mol. The molecule has 1 heterocycles. The van der Waals surface area contributed by atoms with Gasteiger partial charge in [0.15, 0.2) is 0 Å². The molecule has 0 amide bonds. The summed E-state index contributed by atoms with van der Waals surface area (Å²) in [6.07, 6.45) is 2.60. The van der Waals surface area contributed by atoms with Gasteiger partial charge in [-0.15, -0.1) is 0 Å². The Kier molecular flexibility index (Phi) is 2.95. The first-order valence-corrected chi connectivity index (χ1v) is 4.89. The fraction of sp³-hybridized carbons (Fsp3) is 0.0769. The van der Waals surface area contributed by atoms with Crippen LogP contribution in [-0.4, -0.2) is 10.1 Å². The Labute approximate surface area is 93.6 Å². The number of benzene rings is 1. The van der Waals surface area contributed by atoms with Gasteiger partial charge in [0, 0.05) is 18.0 Å². The monoisotopic (exact) mass is 210 g/mol. The number of hydrogen-bond donors (Lipinski definition) is 1. The zero-order valence-electron chi connectivity index (χ0n) is 8.54. The third-order valence-electron chi connectivity index (χ3n) is 2.36. The lowest BCUT2D eigenvalue weighted by molar-refractivity contribution is 0.220. The fourth-order valence-electron chi connectivity index (χ4n) is 1.47. The summed E-state index contributed by atoms with van der Waals surface area (Å²) >= 11 is 0. The third-order valence-corrected chi connectivity index (χ3v) is 2.36. The van der Waals surface area contributed by atoms with Crippen molar-refractivity contribution in [2.45, 2.75) is 6.10 Å². The molecule has 1 unspecified atom stereocenters. The Morgan fingerprint density at radius 2 is 1.88 bits per heavy atom. The maximum atomic E-state index is 10.0. The van der Waals surface area contributed by atoms with Crippen molar-refractivity contribution in [2.24, 2.45) is 0 Å². The van der Waals surface area contributed by atoms with Crippen molar-refractivity contribution >= 4 is 0 Å². The van der Waals surface area contributed by atoms with Crippen LogP contribution in [0.5, 0.6) is 0 Å². The Hall–Kier alpha value is -2.18. The summed E-state index contributed by atoms with van der Waals surface area (Å²) in [5.41, 5.74) is 2.08. The molecule has 0 fully saturated rings. The molecule has 0 bridgehead atoms. The first kappa shape index (κ1) is 10.3. The van der Waals surface area contributed by atoms with E-state index in [2.05, 4.69) is 4.98 Å². The van der Waals surface area contributed by atoms with E-state index in [9.17, 15) is 5.11 Å². The maximum Gasteiger partial charge on any atom is 0.106 e. The molecule has 0 aliphatic rings. The molecule has 2 rings (SSSR count). The summed E-state index contributed by atoms with van der Waals surface area (Å²) in [6.45, 7) is 0. The van der Waals surface area contributed by atoms with Gasteiger partial charge in [-0.25, -0.2) is 0 Å². The van der Waals surface area contributed by atoms with E-state index in [1.165, 1.54) is 0 Å². The van der Waals surface area contributed by atoms with E-state index in [4.69, 9.17) is 5.26 Å². The van der Waals surface area contributed by atoms with Crippen LogP contribution in [0.1, 0.15) is 22.8 Å². The van der Waals surface area contributed by atoms with Crippen LogP contribution >= 0.6 is 0 Å². The van der Waals surface area contributed by atoms with E-state index in [1.54, 1.807) is 42.7 Å². The third kappa shape index (κ3) is 2.08. The Balaban J connectivity index is 2.28. The molecule has 0 spiro atoms. The summed E-state index contributed by atoms with van der Waals surface area (Å²) in [6, 6.07) is 12.5. The van der Waals surface area contributed by atoms with Crippen LogP contribution in [0.15, 0.2) is 48.8 Å². The molecule has 2 aromatic rings. The van der Waals surface area contributed by atoms with Gasteiger partial charge in [-0.3, -0.25) is 4.98 Å². The zero-order valence-corrected chi connectivity index (χ0v) is 8.54. The lowest BCUT2D eigenvalue weighted by atomic mass is 10.0. The van der Waals surface area contributed by atoms with Crippen LogP contribution in [0.2, 0.25) is 0 Å². The standard InChI is InChI=1S/C13H10N2O/c14-8-10-3-5-11(6-4-10)13(16)12-2-1-7-15-9-12/h1-7,9,13,16H. The van der Waals surface area contributed by atoms with Crippen molar-refractivity contribution in [3.8, 4) is 6.07 Å². The Morgan fingerprint density at radius 1 is 1.12 bits per heavy atom. The quantitative estimate of drug-likeness (QED) is 0.825. The molecule has 0 aliphatic carbocycles. The molecule has 0 saturated heterocycles. The van der Waals surface area contributed by atoms with Gasteiger partial charge in [-0.1, -0.05) is 18.2 Å². The van der Waals surface area contributed by atoms with E-state index in [1.807, 2.05) is 12.1 Å². The smallest absolute Gasteiger partial charge is 0.106 e. The number of aliphatic hydroxyl groups is 1. The summed E-state index contributed by atoms with van der Waals surface area (Å²) < 4.78 is 0. The molecule has 0 radical (unpaired) electrons. The minimum atomic E-state index is -0.693. The molecule has 3 nitrogen and oxygen atoms in total. The van der Waals surface area contributed by atoms with Gasteiger partial charge in [-0.05, 0) is 23.8 Å². The van der Waals surface area contributed by atoms with Gasteiger partial charge in [0.25, 0.3) is 0 Å². The molecule has 1 aromatic heterocycles. The lowest BCUT2D eigenvalue weighted by Crippen LogP contribution is -1.99. The fourth-order valence-corrected chi connectivity index (χ4v) is 1.47. The predicted molar refractivity (Wildman–Crippen MR) is 59.5 cm³/mol. The van der Waals surface area contributed by atoms with Gasteiger partial charge in [0.05, 0.1) is 11.6 Å². The van der Waals surface area contributed by atoms with Crippen LogP contribution in [0.3, 0.4) is 0 Å². The minimum Gasteiger partial charge on any atom is -0.384 e. The summed E-state index contributed by atoms with van der Waals surface area (Å²) in [5, 5.41) is 18.7. The van der Waals surface area contributed by atoms with Crippen molar-refractivity contribution in [2.75, 3.05) is 0 Å². The number of nitriles is 1. The van der Waals surface area contributed by atoms with Gasteiger partial charge in [-0.2, -0.15) is 5.26 Å². The molecule has 3 heteroatoms. The second-order valence-electron chi connectivity index (χ2n) is 3.42. The van der Waals surface area contributed by atoms with Crippen LogP contribution in [0.25, 0.3) is 0 Å². The molecular weight excluding hydrogens is 200 g/mol. The highest BCUT2D eigenvalue weighted by Gasteiger charge is 2.09. The molecule has 0 aliphatic heterocycles. The van der Waals surface area contributed by atoms with E-state index in [0.29, 0.717) is 5.56 Å². The van der Waals surface area contributed by atoms with E-state index in [-0.39, 0.29) is 0 Å². The molecule has 1 aromatic carbocycles. The van der Waals surface area contributed by atoms with Crippen LogP contribution in [0.4, 0.5) is 0 Å². The second-order valence-corrected chi connectivity index (χ2v) is 3.42. The Bertz CT molecular complexity index is 500. The van der Waals surface area contributed by atoms with E-state index < -0.39 is 6.10 Å². The van der Waals surface area contributed by atoms with E-state index >= 15 is 0 Å². The minimum absolute atomic E-state index is 0.585. The molecule has 16 heavy (non-hydrogen) atoms. The predicted octanol–water partition coefficient (Wildman–Crippen LogP) is 2.03. The largest absolute Gasteiger partial charge is 0.384 e. The SMILES string of the molecule is N#Cc1ccc(C(O)c2cccnc2)cc1. The van der Waals surface area contributed by atoms with Crippen LogP contribution in [0, 0.1) is 11.3 Å². The number of hydrogen-bond acceptors (Lipinski definition) is 3. The zero-order chi connectivity index (χ0) is 11.4. The topological polar surface area (TPSA) is 56.9 Å². The summed E-state index contributed by atoms with van der Waals surface area (Å²) in [5.74, 6) is 0. The first-order chi connectivity index (χ1) is 7.81. The average Bonchev–Trinajstić information content (AvgIpc) is 2.39. The van der Waals surface area contributed by atoms with Crippen molar-refractivity contribution < 1.29 is 5.11 Å². The number of aromatic nitrogens is 1. The summed E-state index contributed by atoms with van der Waals surface area (Å²) in [4.78, 5) is 3.95. The normalized spacial score (nSPS) is 11.8. The van der Waals surface area contributed by atoms with E-state index in [0.717, 1.165) is 11.1 Å². The van der Waals surface area contributed by atoms with Gasteiger partial charge < -0.3 is 5.11 Å². The maximum absolute atomic E-state index is 10.0. The van der Waals surface area contributed by atoms with Gasteiger partial charge in [0.1, 0.15) is 6.10 Å². The van der Waals surface area contributed by atoms with Crippen molar-refractivity contribution in [3.05, 3.63) is 65.5 Å². The number of pyridine rings is 1. The van der Waals surface area contributed by atoms with Crippen molar-refractivity contribution in [3.63, 3.8) is 0 Å². The van der Waals surface area contributed by atoms with Crippen LogP contribution in [-0.2, 0) is 0 Å². The Morgan fingerprint density at radius 3 is 2.44 bits per heavy atom. The molecule has 0 saturated carbocycles. The molecule has 78 valence electrons. The lowest BCUT2D eigenvalue weighted by Gasteiger charge is -2.10. The number of nitrogens with zero attached hydrogens (tertiary/aromatic N) is 2. The van der Waals surface area contributed by atoms with Gasteiger partial charge in [0.2, 0.25) is 0 Å². The highest BCUT2D eigenvalue weighted by atomic mass is 16.3. The number of rotatable bonds is 2. The highest BCUT2D eigenvalue weighted by Crippen LogP contribution is 2.20. The highest BCUT2D eigenvalue weighted by molar-refractivity contribution is 5.35. The van der Waals surface area contributed by atoms with Gasteiger partial charge >= 0.3 is 0 Å². The first-order valence-electron chi connectivity index (χ1n) is 4.89. The summed E-state index contributed by atoms with van der Waals surface area (Å²) in [7, 11) is 0. The second kappa shape index (κ2) is 4.56. The van der Waals surface area contributed by atoms with Crippen molar-refractivity contribution in [1.29, 1.82) is 5.26 Å². The van der Waals surface area contributed by atoms with Crippen LogP contribution < -0.4 is 0 Å². The molecule has 1 atom stereocenters. The van der Waals surface area contributed by atoms with Crippen molar-refractivity contribution in [1.82, 2.24) is 4.98 Å². The molecular formula is C13H10N2O. The number of aliphatic hydroxyl groups excluding tert-OH is 1. The molecule has 1 N–H and O–H groups in total.